The van der Waals surface area contributed by atoms with Crippen LogP contribution in [0.2, 0.25) is 0 Å². The summed E-state index contributed by atoms with van der Waals surface area (Å²) in [4.78, 5) is 33.4. The Kier molecular flexibility index (Phi) is 7.45. The number of amides is 1. The van der Waals surface area contributed by atoms with Crippen LogP contribution in [0, 0.1) is 0 Å². The van der Waals surface area contributed by atoms with Crippen LogP contribution in [-0.4, -0.2) is 51.8 Å². The highest BCUT2D eigenvalue weighted by Crippen LogP contribution is 2.28. The van der Waals surface area contributed by atoms with Crippen molar-refractivity contribution in [2.75, 3.05) is 7.11 Å². The summed E-state index contributed by atoms with van der Waals surface area (Å²) in [5.74, 6) is -1.50. The molecule has 0 bridgehead atoms. The largest absolute Gasteiger partial charge is 0.493 e. The molecular formula is C21H19N3O7S. The fraction of sp³-hybridized carbons (Fsp3) is 0.190. The number of benzene rings is 2. The number of nitrogens with zero attached hydrogens (tertiary/aromatic N) is 2. The molecule has 166 valence electrons. The summed E-state index contributed by atoms with van der Waals surface area (Å²) < 4.78 is 11.1. The molecule has 2 aromatic rings. The highest BCUT2D eigenvalue weighted by atomic mass is 32.2. The average molecular weight is 457 g/mol. The molecule has 0 aromatic heterocycles. The van der Waals surface area contributed by atoms with Crippen LogP contribution < -0.4 is 14.8 Å². The number of carbonyl (C=O) groups is 3. The highest BCUT2D eigenvalue weighted by Gasteiger charge is 2.32. The van der Waals surface area contributed by atoms with Crippen LogP contribution in [0.5, 0.6) is 11.5 Å². The van der Waals surface area contributed by atoms with Crippen LogP contribution >= 0.6 is 11.8 Å². The van der Waals surface area contributed by atoms with E-state index in [-0.39, 0.29) is 23.8 Å². The molecule has 1 aliphatic rings. The minimum atomic E-state index is -1.06. The molecule has 3 N–H and O–H groups in total. The van der Waals surface area contributed by atoms with Crippen molar-refractivity contribution in [3.63, 3.8) is 0 Å². The van der Waals surface area contributed by atoms with E-state index in [0.29, 0.717) is 17.1 Å². The normalized spacial score (nSPS) is 16.8. The Morgan fingerprint density at radius 3 is 2.56 bits per heavy atom. The van der Waals surface area contributed by atoms with E-state index in [4.69, 9.17) is 19.7 Å². The number of carboxylic acid groups (broad SMARTS) is 2. The number of hydrogen-bond donors (Lipinski definition) is 3. The minimum Gasteiger partial charge on any atom is -0.493 e. The minimum absolute atomic E-state index is 0.200. The molecule has 11 heteroatoms. The van der Waals surface area contributed by atoms with E-state index >= 15 is 0 Å². The van der Waals surface area contributed by atoms with Crippen molar-refractivity contribution in [3.05, 3.63) is 59.2 Å². The van der Waals surface area contributed by atoms with Gasteiger partial charge >= 0.3 is 11.9 Å². The van der Waals surface area contributed by atoms with Gasteiger partial charge in [0.1, 0.15) is 11.9 Å². The second kappa shape index (κ2) is 10.4. The molecule has 1 aliphatic heterocycles. The van der Waals surface area contributed by atoms with Crippen molar-refractivity contribution in [2.45, 2.75) is 18.3 Å². The van der Waals surface area contributed by atoms with Gasteiger partial charge in [-0.1, -0.05) is 23.9 Å². The molecule has 2 aromatic carbocycles. The fourth-order valence-electron chi connectivity index (χ4n) is 2.68. The summed E-state index contributed by atoms with van der Waals surface area (Å²) in [7, 11) is 1.50. The number of amidine groups is 1. The third-order valence-corrected chi connectivity index (χ3v) is 5.35. The molecule has 0 aliphatic carbocycles. The predicted molar refractivity (Wildman–Crippen MR) is 118 cm³/mol. The molecule has 10 nitrogen and oxygen atoms in total. The first-order chi connectivity index (χ1) is 15.4. The van der Waals surface area contributed by atoms with Crippen molar-refractivity contribution < 1.29 is 34.1 Å². The maximum absolute atomic E-state index is 11.7. The number of aliphatic carboxylic acids is 1. The molecule has 0 radical (unpaired) electrons. The van der Waals surface area contributed by atoms with Gasteiger partial charge in [0.2, 0.25) is 5.91 Å². The zero-order valence-corrected chi connectivity index (χ0v) is 17.7. The molecule has 1 heterocycles. The first-order valence-corrected chi connectivity index (χ1v) is 10.2. The third kappa shape index (κ3) is 6.08. The molecule has 1 fully saturated rings. The quantitative estimate of drug-likeness (QED) is 0.384. The molecule has 1 amide bonds. The second-order valence-electron chi connectivity index (χ2n) is 6.54. The molecule has 1 unspecified atom stereocenters. The number of hydrogen-bond acceptors (Lipinski definition) is 8. The summed E-state index contributed by atoms with van der Waals surface area (Å²) in [6, 6.07) is 11.5. The Morgan fingerprint density at radius 2 is 1.91 bits per heavy atom. The number of ether oxygens (including phenoxy) is 2. The van der Waals surface area contributed by atoms with E-state index in [1.54, 1.807) is 30.3 Å². The van der Waals surface area contributed by atoms with Crippen LogP contribution in [-0.2, 0) is 16.2 Å². The van der Waals surface area contributed by atoms with Gasteiger partial charge in [0, 0.05) is 0 Å². The third-order valence-electron chi connectivity index (χ3n) is 4.27. The van der Waals surface area contributed by atoms with Crippen LogP contribution in [0.25, 0.3) is 0 Å². The Balaban J connectivity index is 1.61. The number of thioether (sulfide) groups is 1. The van der Waals surface area contributed by atoms with Crippen molar-refractivity contribution in [3.8, 4) is 11.5 Å². The van der Waals surface area contributed by atoms with Crippen LogP contribution in [0.15, 0.2) is 52.7 Å². The Bertz CT molecular complexity index is 1080. The lowest BCUT2D eigenvalue weighted by molar-refractivity contribution is -0.138. The highest BCUT2D eigenvalue weighted by molar-refractivity contribution is 8.15. The number of carboxylic acids is 2. The summed E-state index contributed by atoms with van der Waals surface area (Å²) >= 11 is 1.02. The maximum Gasteiger partial charge on any atom is 0.335 e. The Labute approximate surface area is 187 Å². The number of carbonyl (C=O) groups excluding carboxylic acids is 1. The van der Waals surface area contributed by atoms with E-state index in [9.17, 15) is 14.4 Å². The molecule has 0 spiro atoms. The van der Waals surface area contributed by atoms with E-state index in [1.807, 2.05) is 0 Å². The lowest BCUT2D eigenvalue weighted by Gasteiger charge is -2.11. The summed E-state index contributed by atoms with van der Waals surface area (Å²) in [5, 5.41) is 27.6. The van der Waals surface area contributed by atoms with Crippen LogP contribution in [0.4, 0.5) is 0 Å². The monoisotopic (exact) mass is 457 g/mol. The number of methoxy groups -OCH3 is 1. The number of aromatic carboxylic acids is 1. The van der Waals surface area contributed by atoms with E-state index in [0.717, 1.165) is 17.3 Å². The second-order valence-corrected chi connectivity index (χ2v) is 7.74. The number of nitrogens with one attached hydrogen (secondary N) is 1. The van der Waals surface area contributed by atoms with Crippen molar-refractivity contribution in [2.24, 2.45) is 10.2 Å². The Hall–Kier alpha value is -3.86. The SMILES string of the molecule is COc1cc(C=NN=C2NC(=O)C(CC(=O)O)S2)ccc1OCc1ccc(C(=O)O)cc1. The topological polar surface area (TPSA) is 147 Å². The zero-order valence-electron chi connectivity index (χ0n) is 16.8. The fourth-order valence-corrected chi connectivity index (χ4v) is 3.60. The van der Waals surface area contributed by atoms with E-state index in [2.05, 4.69) is 15.5 Å². The van der Waals surface area contributed by atoms with Gasteiger partial charge in [-0.25, -0.2) is 4.79 Å². The average Bonchev–Trinajstić information content (AvgIpc) is 3.11. The molecular weight excluding hydrogens is 438 g/mol. The molecule has 0 saturated carbocycles. The van der Waals surface area contributed by atoms with Gasteiger partial charge in [-0.2, -0.15) is 5.10 Å². The molecule has 32 heavy (non-hydrogen) atoms. The predicted octanol–water partition coefficient (Wildman–Crippen LogP) is 2.37. The number of rotatable bonds is 9. The Morgan fingerprint density at radius 1 is 1.16 bits per heavy atom. The summed E-state index contributed by atoms with van der Waals surface area (Å²) in [5.41, 5.74) is 1.67. The maximum atomic E-state index is 11.7. The van der Waals surface area contributed by atoms with Gasteiger partial charge in [-0.05, 0) is 41.5 Å². The van der Waals surface area contributed by atoms with Gasteiger partial charge < -0.3 is 25.0 Å². The summed E-state index contributed by atoms with van der Waals surface area (Å²) in [6.07, 6.45) is 1.17. The first kappa shape index (κ1) is 22.8. The van der Waals surface area contributed by atoms with Gasteiger partial charge in [-0.3, -0.25) is 9.59 Å². The summed E-state index contributed by atoms with van der Waals surface area (Å²) in [6.45, 7) is 0.228. The lowest BCUT2D eigenvalue weighted by Crippen LogP contribution is -2.26. The van der Waals surface area contributed by atoms with Crippen molar-refractivity contribution in [1.82, 2.24) is 5.32 Å². The van der Waals surface area contributed by atoms with Crippen LogP contribution in [0.1, 0.15) is 27.9 Å². The van der Waals surface area contributed by atoms with Crippen molar-refractivity contribution in [1.29, 1.82) is 0 Å². The van der Waals surface area contributed by atoms with Gasteiger partial charge in [0.25, 0.3) is 0 Å². The smallest absolute Gasteiger partial charge is 0.335 e. The van der Waals surface area contributed by atoms with E-state index in [1.165, 1.54) is 25.5 Å². The molecule has 1 atom stereocenters. The van der Waals surface area contributed by atoms with Gasteiger partial charge in [-0.15, -0.1) is 5.10 Å². The van der Waals surface area contributed by atoms with Gasteiger partial charge in [0.15, 0.2) is 16.7 Å². The zero-order chi connectivity index (χ0) is 23.1. The van der Waals surface area contributed by atoms with Crippen LogP contribution in [0.3, 0.4) is 0 Å². The van der Waals surface area contributed by atoms with E-state index < -0.39 is 23.1 Å². The molecule has 1 saturated heterocycles. The first-order valence-electron chi connectivity index (χ1n) is 9.29. The molecule has 3 rings (SSSR count). The van der Waals surface area contributed by atoms with Gasteiger partial charge in [0.05, 0.1) is 25.3 Å². The standard InChI is InChI=1S/C21H19N3O7S/c1-30-16-8-13(10-22-24-21-23-19(27)17(32-21)9-18(25)26)4-7-15(16)31-11-12-2-5-14(6-3-12)20(28)29/h2-8,10,17H,9,11H2,1H3,(H,25,26)(H,28,29)(H,23,24,27). The van der Waals surface area contributed by atoms with Crippen molar-refractivity contribution >= 4 is 41.0 Å². The lowest BCUT2D eigenvalue weighted by atomic mass is 10.1.